The van der Waals surface area contributed by atoms with Gasteiger partial charge in [0.15, 0.2) is 0 Å². The first kappa shape index (κ1) is 8.51. The van der Waals surface area contributed by atoms with E-state index in [0.29, 0.717) is 0 Å². The Labute approximate surface area is 78.6 Å². The van der Waals surface area contributed by atoms with Gasteiger partial charge in [-0.3, -0.25) is 4.98 Å². The zero-order valence-electron chi connectivity index (χ0n) is 8.17. The highest BCUT2D eigenvalue weighted by Gasteiger charge is 2.15. The van der Waals surface area contributed by atoms with E-state index in [2.05, 4.69) is 23.0 Å². The second-order valence-electron chi connectivity index (χ2n) is 3.76. The zero-order chi connectivity index (χ0) is 9.42. The Morgan fingerprint density at radius 1 is 1.54 bits per heavy atom. The smallest absolute Gasteiger partial charge is 0.0605 e. The number of aryl methyl sites for hydroxylation is 1. The molecule has 0 saturated carbocycles. The molecule has 0 radical (unpaired) electrons. The highest BCUT2D eigenvalue weighted by Crippen LogP contribution is 2.20. The third-order valence-electron chi connectivity index (χ3n) is 2.59. The summed E-state index contributed by atoms with van der Waals surface area (Å²) in [5, 5.41) is 0. The van der Waals surface area contributed by atoms with E-state index in [1.165, 1.54) is 11.3 Å². The van der Waals surface area contributed by atoms with Gasteiger partial charge >= 0.3 is 0 Å². The van der Waals surface area contributed by atoms with Crippen molar-refractivity contribution >= 4 is 5.69 Å². The van der Waals surface area contributed by atoms with Crippen LogP contribution in [-0.4, -0.2) is 23.5 Å². The molecule has 2 rings (SSSR count). The molecule has 0 unspecified atom stereocenters. The maximum Gasteiger partial charge on any atom is 0.0605 e. The fourth-order valence-electron chi connectivity index (χ4n) is 1.73. The molecule has 0 bridgehead atoms. The van der Waals surface area contributed by atoms with Crippen LogP contribution < -0.4 is 5.73 Å². The van der Waals surface area contributed by atoms with Gasteiger partial charge in [-0.05, 0) is 25.6 Å². The van der Waals surface area contributed by atoms with Crippen LogP contribution in [0.15, 0.2) is 6.07 Å². The van der Waals surface area contributed by atoms with Crippen LogP contribution in [-0.2, 0) is 13.0 Å². The van der Waals surface area contributed by atoms with E-state index >= 15 is 0 Å². The molecule has 1 aliphatic rings. The molecule has 0 spiro atoms. The number of nitrogen functional groups attached to an aromatic ring is 1. The van der Waals surface area contributed by atoms with Gasteiger partial charge in [0.1, 0.15) is 0 Å². The van der Waals surface area contributed by atoms with Crippen LogP contribution in [0.5, 0.6) is 0 Å². The van der Waals surface area contributed by atoms with E-state index in [1.54, 1.807) is 0 Å². The topological polar surface area (TPSA) is 42.1 Å². The van der Waals surface area contributed by atoms with E-state index in [9.17, 15) is 0 Å². The molecule has 13 heavy (non-hydrogen) atoms. The number of nitrogens with two attached hydrogens (primary N) is 1. The van der Waals surface area contributed by atoms with E-state index in [1.807, 2.05) is 6.92 Å². The van der Waals surface area contributed by atoms with Crippen molar-refractivity contribution in [2.75, 3.05) is 19.3 Å². The van der Waals surface area contributed by atoms with Gasteiger partial charge in [-0.25, -0.2) is 0 Å². The highest BCUT2D eigenvalue weighted by molar-refractivity contribution is 5.46. The molecule has 1 aromatic rings. The fourth-order valence-corrected chi connectivity index (χ4v) is 1.73. The molecule has 3 nitrogen and oxygen atoms in total. The van der Waals surface area contributed by atoms with Crippen LogP contribution in [0.2, 0.25) is 0 Å². The number of aromatic nitrogens is 1. The summed E-state index contributed by atoms with van der Waals surface area (Å²) in [6.07, 6.45) is 1.05. The summed E-state index contributed by atoms with van der Waals surface area (Å²) in [6.45, 7) is 4.05. The maximum atomic E-state index is 5.81. The van der Waals surface area contributed by atoms with Crippen molar-refractivity contribution in [3.63, 3.8) is 0 Å². The average molecular weight is 177 g/mol. The summed E-state index contributed by atoms with van der Waals surface area (Å²) in [6, 6.07) is 2.06. The molecule has 1 aromatic heterocycles. The number of pyridine rings is 1. The lowest BCUT2D eigenvalue weighted by Gasteiger charge is -2.24. The average Bonchev–Trinajstić information content (AvgIpc) is 2.08. The number of nitrogens with zero attached hydrogens (tertiary/aromatic N) is 2. The molecule has 3 heteroatoms. The van der Waals surface area contributed by atoms with Crippen LogP contribution in [0.4, 0.5) is 5.69 Å². The minimum atomic E-state index is 0.814. The van der Waals surface area contributed by atoms with Crippen molar-refractivity contribution in [1.82, 2.24) is 9.88 Å². The van der Waals surface area contributed by atoms with Crippen molar-refractivity contribution < 1.29 is 0 Å². The standard InChI is InChI=1S/C10H15N3/c1-7-9(11)5-8-6-13(2)4-3-10(8)12-7/h5H,3-4,6,11H2,1-2H3. The summed E-state index contributed by atoms with van der Waals surface area (Å²) in [4.78, 5) is 6.79. The number of hydrogen-bond acceptors (Lipinski definition) is 3. The Hall–Kier alpha value is -1.09. The fraction of sp³-hybridized carbons (Fsp3) is 0.500. The van der Waals surface area contributed by atoms with Crippen molar-refractivity contribution in [3.05, 3.63) is 23.0 Å². The Morgan fingerprint density at radius 2 is 2.31 bits per heavy atom. The third kappa shape index (κ3) is 1.52. The molecule has 2 N–H and O–H groups in total. The van der Waals surface area contributed by atoms with Crippen molar-refractivity contribution in [2.24, 2.45) is 0 Å². The molecular formula is C10H15N3. The van der Waals surface area contributed by atoms with Gasteiger partial charge in [0.2, 0.25) is 0 Å². The molecule has 1 aliphatic heterocycles. The number of fused-ring (bicyclic) bond motifs is 1. The summed E-state index contributed by atoms with van der Waals surface area (Å²) in [7, 11) is 2.12. The van der Waals surface area contributed by atoms with Gasteiger partial charge in [0.25, 0.3) is 0 Å². The van der Waals surface area contributed by atoms with Crippen LogP contribution in [0.1, 0.15) is 17.0 Å². The molecular weight excluding hydrogens is 162 g/mol. The van der Waals surface area contributed by atoms with Crippen LogP contribution in [0, 0.1) is 6.92 Å². The Kier molecular flexibility index (Phi) is 1.96. The second-order valence-corrected chi connectivity index (χ2v) is 3.76. The van der Waals surface area contributed by atoms with Crippen LogP contribution in [0.25, 0.3) is 0 Å². The van der Waals surface area contributed by atoms with E-state index in [0.717, 1.165) is 30.9 Å². The monoisotopic (exact) mass is 177 g/mol. The Balaban J connectivity index is 2.43. The maximum absolute atomic E-state index is 5.81. The number of anilines is 1. The van der Waals surface area contributed by atoms with Gasteiger partial charge in [0, 0.05) is 25.2 Å². The normalized spacial score (nSPS) is 17.1. The van der Waals surface area contributed by atoms with E-state index < -0.39 is 0 Å². The predicted octanol–water partition coefficient (Wildman–Crippen LogP) is 0.960. The summed E-state index contributed by atoms with van der Waals surface area (Å²) < 4.78 is 0. The SMILES string of the molecule is Cc1nc2c(cc1N)CN(C)CC2. The van der Waals surface area contributed by atoms with Crippen LogP contribution >= 0.6 is 0 Å². The minimum Gasteiger partial charge on any atom is -0.397 e. The minimum absolute atomic E-state index is 0.814. The molecule has 2 heterocycles. The van der Waals surface area contributed by atoms with Crippen molar-refractivity contribution in [1.29, 1.82) is 0 Å². The van der Waals surface area contributed by atoms with Gasteiger partial charge in [0.05, 0.1) is 11.4 Å². The first-order valence-electron chi connectivity index (χ1n) is 4.60. The lowest BCUT2D eigenvalue weighted by Crippen LogP contribution is -2.27. The predicted molar refractivity (Wildman–Crippen MR) is 53.4 cm³/mol. The summed E-state index contributed by atoms with van der Waals surface area (Å²) in [5.74, 6) is 0. The molecule has 0 aromatic carbocycles. The molecule has 0 aliphatic carbocycles. The van der Waals surface area contributed by atoms with Gasteiger partial charge < -0.3 is 10.6 Å². The third-order valence-corrected chi connectivity index (χ3v) is 2.59. The van der Waals surface area contributed by atoms with E-state index in [4.69, 9.17) is 5.73 Å². The van der Waals surface area contributed by atoms with Gasteiger partial charge in [-0.1, -0.05) is 0 Å². The highest BCUT2D eigenvalue weighted by atomic mass is 15.1. The molecule has 0 saturated heterocycles. The quantitative estimate of drug-likeness (QED) is 0.642. The first-order valence-corrected chi connectivity index (χ1v) is 4.60. The van der Waals surface area contributed by atoms with Gasteiger partial charge in [-0.2, -0.15) is 0 Å². The van der Waals surface area contributed by atoms with Crippen molar-refractivity contribution in [2.45, 2.75) is 19.9 Å². The first-order chi connectivity index (χ1) is 6.16. The number of likely N-dealkylation sites (N-methyl/N-ethyl adjacent to an activating group) is 1. The lowest BCUT2D eigenvalue weighted by atomic mass is 10.0. The molecule has 0 atom stereocenters. The lowest BCUT2D eigenvalue weighted by molar-refractivity contribution is 0.310. The molecule has 0 amide bonds. The largest absolute Gasteiger partial charge is 0.397 e. The number of hydrogen-bond donors (Lipinski definition) is 1. The summed E-state index contributed by atoms with van der Waals surface area (Å²) in [5.41, 5.74) is 10.1. The molecule has 70 valence electrons. The Morgan fingerprint density at radius 3 is 3.08 bits per heavy atom. The Bertz CT molecular complexity index is 333. The van der Waals surface area contributed by atoms with Crippen LogP contribution in [0.3, 0.4) is 0 Å². The van der Waals surface area contributed by atoms with E-state index in [-0.39, 0.29) is 0 Å². The summed E-state index contributed by atoms with van der Waals surface area (Å²) >= 11 is 0. The van der Waals surface area contributed by atoms with Gasteiger partial charge in [-0.15, -0.1) is 0 Å². The van der Waals surface area contributed by atoms with Crippen molar-refractivity contribution in [3.8, 4) is 0 Å². The second kappa shape index (κ2) is 3.00. The molecule has 0 fully saturated rings. The zero-order valence-corrected chi connectivity index (χ0v) is 8.17. The number of rotatable bonds is 0.